The summed E-state index contributed by atoms with van der Waals surface area (Å²) in [6.45, 7) is 11.4. The molecule has 2 aromatic heterocycles. The number of tetrazole rings is 1. The molecule has 2 heterocycles. The maximum Gasteiger partial charge on any atom is 0.294 e. The largest absolute Gasteiger partial charge is 0.432 e. The molecule has 32 heavy (non-hydrogen) atoms. The summed E-state index contributed by atoms with van der Waals surface area (Å²) in [5.74, 6) is -4.01. The number of hydrogen-bond acceptors (Lipinski definition) is 8. The predicted molar refractivity (Wildman–Crippen MR) is 113 cm³/mol. The molecule has 1 atom stereocenters. The van der Waals surface area contributed by atoms with Gasteiger partial charge in [0.2, 0.25) is 11.8 Å². The van der Waals surface area contributed by atoms with E-state index >= 15 is 0 Å². The van der Waals surface area contributed by atoms with Gasteiger partial charge in [0.1, 0.15) is 12.2 Å². The van der Waals surface area contributed by atoms with E-state index in [1.165, 1.54) is 0 Å². The molecular weight excluding hydrogens is 426 g/mol. The average Bonchev–Trinajstić information content (AvgIpc) is 3.05. The fourth-order valence-electron chi connectivity index (χ4n) is 2.20. The molecule has 4 N–H and O–H groups in total. The second-order valence-electron chi connectivity index (χ2n) is 8.04. The molecule has 0 spiro atoms. The lowest BCUT2D eigenvalue weighted by Crippen LogP contribution is -2.32. The summed E-state index contributed by atoms with van der Waals surface area (Å²) in [7, 11) is 0. The molecule has 1 fully saturated rings. The minimum absolute atomic E-state index is 0.0566. The van der Waals surface area contributed by atoms with Crippen LogP contribution in [0, 0.1) is 5.92 Å². The van der Waals surface area contributed by atoms with Gasteiger partial charge in [0.15, 0.2) is 5.82 Å². The highest BCUT2D eigenvalue weighted by Crippen LogP contribution is 2.48. The van der Waals surface area contributed by atoms with E-state index in [1.54, 1.807) is 26.3 Å². The molecule has 0 aromatic carbocycles. The van der Waals surface area contributed by atoms with Gasteiger partial charge in [0.25, 0.3) is 11.9 Å². The first-order chi connectivity index (χ1) is 14.9. The van der Waals surface area contributed by atoms with Crippen LogP contribution < -0.4 is 16.0 Å². The smallest absolute Gasteiger partial charge is 0.294 e. The summed E-state index contributed by atoms with van der Waals surface area (Å²) in [5.41, 5.74) is 0. The SMILES string of the molecule is CC(C)NC(=O)C1CC1(F)F.CC(C)NC(=O)Cc1nn[nH]n1.CC(C)Nc1ncco1. The Hall–Kier alpha value is -3.12. The third-order valence-corrected chi connectivity index (χ3v) is 3.58. The number of carbonyl (C=O) groups is 2. The summed E-state index contributed by atoms with van der Waals surface area (Å²) < 4.78 is 29.4. The molecule has 0 radical (unpaired) electrons. The summed E-state index contributed by atoms with van der Waals surface area (Å²) in [5, 5.41) is 21.1. The number of amides is 2. The Morgan fingerprint density at radius 3 is 2.19 bits per heavy atom. The number of hydrogen-bond donors (Lipinski definition) is 4. The van der Waals surface area contributed by atoms with Crippen LogP contribution in [0.3, 0.4) is 0 Å². The molecule has 13 heteroatoms. The van der Waals surface area contributed by atoms with Crippen LogP contribution in [0.15, 0.2) is 16.9 Å². The number of rotatable bonds is 7. The summed E-state index contributed by atoms with van der Waals surface area (Å²) in [6.07, 6.45) is 3.05. The molecule has 3 rings (SSSR count). The van der Waals surface area contributed by atoms with Crippen molar-refractivity contribution in [2.24, 2.45) is 5.92 Å². The topological polar surface area (TPSA) is 151 Å². The highest BCUT2D eigenvalue weighted by molar-refractivity contribution is 5.82. The van der Waals surface area contributed by atoms with E-state index in [9.17, 15) is 18.4 Å². The second kappa shape index (κ2) is 12.7. The fourth-order valence-corrected chi connectivity index (χ4v) is 2.20. The molecular formula is C19H32F2N8O3. The number of oxazole rings is 1. The van der Waals surface area contributed by atoms with E-state index in [-0.39, 0.29) is 30.8 Å². The van der Waals surface area contributed by atoms with Gasteiger partial charge in [0, 0.05) is 24.5 Å². The minimum atomic E-state index is -2.74. The lowest BCUT2D eigenvalue weighted by Gasteiger charge is -2.06. The highest BCUT2D eigenvalue weighted by Gasteiger charge is 2.61. The standard InChI is InChI=1S/C7H11F2NO.C6H11N5O.C6H10N2O/c1-4(2)10-6(11)5-3-7(5,8)9;1-4(2)7-6(12)3-5-8-10-11-9-5;1-5(2)8-6-7-3-4-9-6/h4-5H,3H2,1-2H3,(H,10,11);4H,3H2,1-2H3,(H,7,12)(H,8,9,10,11);3-5H,1-2H3,(H,7,8). The number of carbonyl (C=O) groups excluding carboxylic acids is 2. The van der Waals surface area contributed by atoms with Crippen LogP contribution in [0.2, 0.25) is 0 Å². The van der Waals surface area contributed by atoms with E-state index in [0.717, 1.165) is 0 Å². The van der Waals surface area contributed by atoms with Gasteiger partial charge >= 0.3 is 0 Å². The Morgan fingerprint density at radius 1 is 1.16 bits per heavy atom. The van der Waals surface area contributed by atoms with Gasteiger partial charge in [-0.3, -0.25) is 9.59 Å². The van der Waals surface area contributed by atoms with Gasteiger partial charge in [0.05, 0.1) is 12.6 Å². The van der Waals surface area contributed by atoms with Crippen LogP contribution >= 0.6 is 0 Å². The zero-order valence-electron chi connectivity index (χ0n) is 19.1. The van der Waals surface area contributed by atoms with Gasteiger partial charge in [-0.1, -0.05) is 5.21 Å². The summed E-state index contributed by atoms with van der Waals surface area (Å²) >= 11 is 0. The first-order valence-electron chi connectivity index (χ1n) is 10.3. The fraction of sp³-hybridized carbons (Fsp3) is 0.684. The van der Waals surface area contributed by atoms with Crippen LogP contribution in [0.4, 0.5) is 14.8 Å². The van der Waals surface area contributed by atoms with Crippen molar-refractivity contribution in [3.8, 4) is 0 Å². The molecule has 1 saturated carbocycles. The molecule has 0 bridgehead atoms. The maximum absolute atomic E-state index is 12.2. The molecule has 11 nitrogen and oxygen atoms in total. The number of aromatic amines is 1. The van der Waals surface area contributed by atoms with Crippen LogP contribution in [-0.2, 0) is 16.0 Å². The first-order valence-corrected chi connectivity index (χ1v) is 10.3. The van der Waals surface area contributed by atoms with Crippen molar-refractivity contribution in [3.63, 3.8) is 0 Å². The van der Waals surface area contributed by atoms with Gasteiger partial charge < -0.3 is 20.4 Å². The van der Waals surface area contributed by atoms with E-state index in [2.05, 4.69) is 41.6 Å². The summed E-state index contributed by atoms with van der Waals surface area (Å²) in [6, 6.07) is 1.05. The lowest BCUT2D eigenvalue weighted by molar-refractivity contribution is -0.125. The van der Waals surface area contributed by atoms with Gasteiger partial charge in [-0.15, -0.1) is 10.2 Å². The van der Waals surface area contributed by atoms with Crippen LogP contribution in [0.5, 0.6) is 0 Å². The Labute approximate surface area is 185 Å². The monoisotopic (exact) mass is 458 g/mol. The van der Waals surface area contributed by atoms with Crippen molar-refractivity contribution in [1.29, 1.82) is 0 Å². The Kier molecular flexibility index (Phi) is 10.7. The zero-order chi connectivity index (χ0) is 24.3. The van der Waals surface area contributed by atoms with E-state index < -0.39 is 17.7 Å². The average molecular weight is 459 g/mol. The second-order valence-corrected chi connectivity index (χ2v) is 8.04. The third kappa shape index (κ3) is 11.3. The van der Waals surface area contributed by atoms with Crippen LogP contribution in [0.1, 0.15) is 53.8 Å². The predicted octanol–water partition coefficient (Wildman–Crippen LogP) is 1.93. The molecule has 1 unspecified atom stereocenters. The van der Waals surface area contributed by atoms with Gasteiger partial charge in [-0.2, -0.15) is 5.21 Å². The van der Waals surface area contributed by atoms with E-state index in [0.29, 0.717) is 17.9 Å². The number of nitrogens with one attached hydrogen (secondary N) is 4. The van der Waals surface area contributed by atoms with Crippen molar-refractivity contribution >= 4 is 17.8 Å². The highest BCUT2D eigenvalue weighted by atomic mass is 19.3. The quantitative estimate of drug-likeness (QED) is 0.491. The lowest BCUT2D eigenvalue weighted by atomic mass is 10.3. The van der Waals surface area contributed by atoms with Crippen molar-refractivity contribution in [1.82, 2.24) is 36.2 Å². The molecule has 1 aliphatic rings. The summed E-state index contributed by atoms with van der Waals surface area (Å²) in [4.78, 5) is 25.8. The normalized spacial score (nSPS) is 15.9. The first kappa shape index (κ1) is 26.9. The number of halogens is 2. The Bertz CT molecular complexity index is 796. The molecule has 0 aliphatic heterocycles. The minimum Gasteiger partial charge on any atom is -0.432 e. The van der Waals surface area contributed by atoms with Gasteiger partial charge in [-0.05, 0) is 41.5 Å². The maximum atomic E-state index is 12.2. The van der Waals surface area contributed by atoms with E-state index in [4.69, 9.17) is 4.42 Å². The van der Waals surface area contributed by atoms with Crippen LogP contribution in [-0.4, -0.2) is 61.5 Å². The number of nitrogens with zero attached hydrogens (tertiary/aromatic N) is 4. The molecule has 2 amide bonds. The number of anilines is 1. The molecule has 180 valence electrons. The third-order valence-electron chi connectivity index (χ3n) is 3.58. The molecule has 2 aromatic rings. The molecule has 1 aliphatic carbocycles. The molecule has 0 saturated heterocycles. The van der Waals surface area contributed by atoms with Crippen molar-refractivity contribution in [2.45, 2.75) is 78.4 Å². The number of alkyl halides is 2. The van der Waals surface area contributed by atoms with E-state index in [1.807, 2.05) is 27.7 Å². The Balaban J connectivity index is 0.000000242. The van der Waals surface area contributed by atoms with Crippen molar-refractivity contribution < 1.29 is 22.8 Å². The van der Waals surface area contributed by atoms with Crippen LogP contribution in [0.25, 0.3) is 0 Å². The number of H-pyrrole nitrogens is 1. The van der Waals surface area contributed by atoms with Crippen molar-refractivity contribution in [2.75, 3.05) is 5.32 Å². The zero-order valence-corrected chi connectivity index (χ0v) is 19.1. The van der Waals surface area contributed by atoms with Gasteiger partial charge in [-0.25, -0.2) is 13.8 Å². The van der Waals surface area contributed by atoms with Crippen molar-refractivity contribution in [3.05, 3.63) is 18.3 Å². The number of aromatic nitrogens is 5. The Morgan fingerprint density at radius 2 is 1.78 bits per heavy atom.